The Kier molecular flexibility index (Phi) is 5.72. The summed E-state index contributed by atoms with van der Waals surface area (Å²) in [4.78, 5) is 16.3. The van der Waals surface area contributed by atoms with E-state index in [1.165, 1.54) is 17.4 Å². The molecule has 6 nitrogen and oxygen atoms in total. The van der Waals surface area contributed by atoms with Crippen molar-refractivity contribution in [3.63, 3.8) is 0 Å². The fourth-order valence-electron chi connectivity index (χ4n) is 2.59. The monoisotopic (exact) mass is 369 g/mol. The molecule has 24 heavy (non-hydrogen) atoms. The number of piperazine rings is 1. The van der Waals surface area contributed by atoms with E-state index in [2.05, 4.69) is 25.3 Å². The number of nitrogens with one attached hydrogen (secondary N) is 1. The fourth-order valence-corrected chi connectivity index (χ4v) is 3.26. The van der Waals surface area contributed by atoms with Crippen molar-refractivity contribution >= 4 is 34.0 Å². The van der Waals surface area contributed by atoms with Gasteiger partial charge in [0, 0.05) is 32.7 Å². The molecule has 2 aromatic rings. The van der Waals surface area contributed by atoms with Gasteiger partial charge in [-0.15, -0.1) is 10.2 Å². The van der Waals surface area contributed by atoms with Crippen LogP contribution in [0.3, 0.4) is 0 Å². The molecule has 0 atom stereocenters. The second-order valence-corrected chi connectivity index (χ2v) is 6.83. The first kappa shape index (κ1) is 17.2. The van der Waals surface area contributed by atoms with Crippen LogP contribution in [0.15, 0.2) is 23.7 Å². The Hall–Kier alpha value is -1.61. The van der Waals surface area contributed by atoms with Crippen LogP contribution in [0, 0.1) is 5.82 Å². The number of nitrogens with zero attached hydrogens (tertiary/aromatic N) is 4. The molecule has 3 rings (SSSR count). The second kappa shape index (κ2) is 7.98. The molecule has 1 aliphatic rings. The fraction of sp³-hybridized carbons (Fsp3) is 0.400. The summed E-state index contributed by atoms with van der Waals surface area (Å²) in [6, 6.07) is 4.81. The molecule has 0 spiro atoms. The standard InChI is InChI=1S/C15H17ClFN5OS/c16-12-7-11(1-2-13(12)17)8-21-3-5-22(6-4-21)9-14(23)19-15-20-18-10-24-15/h1-2,7,10H,3-6,8-9H2,(H,19,20,23). The minimum absolute atomic E-state index is 0.0782. The van der Waals surface area contributed by atoms with Crippen LogP contribution in [0.4, 0.5) is 9.52 Å². The minimum Gasteiger partial charge on any atom is -0.299 e. The molecule has 0 aliphatic carbocycles. The molecule has 2 heterocycles. The van der Waals surface area contributed by atoms with Gasteiger partial charge in [-0.1, -0.05) is 29.0 Å². The number of benzene rings is 1. The number of anilines is 1. The Labute approximate surface area is 148 Å². The van der Waals surface area contributed by atoms with Gasteiger partial charge in [0.15, 0.2) is 0 Å². The molecule has 128 valence electrons. The normalized spacial score (nSPS) is 16.2. The highest BCUT2D eigenvalue weighted by molar-refractivity contribution is 7.13. The van der Waals surface area contributed by atoms with Gasteiger partial charge < -0.3 is 0 Å². The molecular weight excluding hydrogens is 353 g/mol. The van der Waals surface area contributed by atoms with Crippen LogP contribution in [0.5, 0.6) is 0 Å². The van der Waals surface area contributed by atoms with Crippen molar-refractivity contribution in [1.29, 1.82) is 0 Å². The van der Waals surface area contributed by atoms with Gasteiger partial charge in [0.05, 0.1) is 11.6 Å². The minimum atomic E-state index is -0.397. The molecule has 0 bridgehead atoms. The van der Waals surface area contributed by atoms with Gasteiger partial charge in [0.25, 0.3) is 0 Å². The van der Waals surface area contributed by atoms with Crippen molar-refractivity contribution in [2.24, 2.45) is 0 Å². The average molecular weight is 370 g/mol. The van der Waals surface area contributed by atoms with Crippen LogP contribution >= 0.6 is 22.9 Å². The predicted octanol–water partition coefficient (Wildman–Crippen LogP) is 2.09. The van der Waals surface area contributed by atoms with E-state index in [1.54, 1.807) is 17.6 Å². The highest BCUT2D eigenvalue weighted by atomic mass is 35.5. The van der Waals surface area contributed by atoms with Crippen molar-refractivity contribution in [1.82, 2.24) is 20.0 Å². The summed E-state index contributed by atoms with van der Waals surface area (Å²) in [5, 5.41) is 10.9. The first-order valence-corrected chi connectivity index (χ1v) is 8.80. The molecule has 1 aliphatic heterocycles. The zero-order chi connectivity index (χ0) is 16.9. The summed E-state index contributed by atoms with van der Waals surface area (Å²) in [5.41, 5.74) is 2.57. The lowest BCUT2D eigenvalue weighted by atomic mass is 10.2. The van der Waals surface area contributed by atoms with Gasteiger partial charge in [0.1, 0.15) is 11.3 Å². The molecule has 1 saturated heterocycles. The van der Waals surface area contributed by atoms with Crippen molar-refractivity contribution in [2.45, 2.75) is 6.54 Å². The van der Waals surface area contributed by atoms with Gasteiger partial charge in [-0.2, -0.15) is 0 Å². The Bertz CT molecular complexity index is 691. The molecule has 9 heteroatoms. The van der Waals surface area contributed by atoms with Crippen molar-refractivity contribution in [3.8, 4) is 0 Å². The van der Waals surface area contributed by atoms with Gasteiger partial charge in [-0.05, 0) is 17.7 Å². The number of carbonyl (C=O) groups is 1. The summed E-state index contributed by atoms with van der Waals surface area (Å²) in [7, 11) is 0. The Morgan fingerprint density at radius 1 is 1.29 bits per heavy atom. The van der Waals surface area contributed by atoms with Gasteiger partial charge in [0.2, 0.25) is 11.0 Å². The number of halogens is 2. The van der Waals surface area contributed by atoms with Crippen molar-refractivity contribution in [3.05, 3.63) is 40.1 Å². The molecule has 1 fully saturated rings. The van der Waals surface area contributed by atoms with Crippen LogP contribution < -0.4 is 5.32 Å². The first-order valence-electron chi connectivity index (χ1n) is 7.55. The Balaban J connectivity index is 1.43. The Morgan fingerprint density at radius 2 is 2.04 bits per heavy atom. The first-order chi connectivity index (χ1) is 11.6. The smallest absolute Gasteiger partial charge is 0.240 e. The topological polar surface area (TPSA) is 61.4 Å². The lowest BCUT2D eigenvalue weighted by Crippen LogP contribution is -2.48. The van der Waals surface area contributed by atoms with Gasteiger partial charge >= 0.3 is 0 Å². The lowest BCUT2D eigenvalue weighted by molar-refractivity contribution is -0.117. The number of carbonyl (C=O) groups excluding carboxylic acids is 1. The molecule has 1 amide bonds. The molecule has 1 N–H and O–H groups in total. The van der Waals surface area contributed by atoms with E-state index in [9.17, 15) is 9.18 Å². The van der Waals surface area contributed by atoms with E-state index in [-0.39, 0.29) is 10.9 Å². The van der Waals surface area contributed by atoms with E-state index in [0.717, 1.165) is 38.3 Å². The summed E-state index contributed by atoms with van der Waals surface area (Å²) in [6.07, 6.45) is 0. The van der Waals surface area contributed by atoms with E-state index in [4.69, 9.17) is 11.6 Å². The molecule has 1 aromatic heterocycles. The van der Waals surface area contributed by atoms with Crippen LogP contribution in [0.25, 0.3) is 0 Å². The maximum atomic E-state index is 13.2. The number of hydrogen-bond acceptors (Lipinski definition) is 6. The number of amides is 1. The van der Waals surface area contributed by atoms with Crippen molar-refractivity contribution < 1.29 is 9.18 Å². The third-order valence-electron chi connectivity index (χ3n) is 3.83. The van der Waals surface area contributed by atoms with Gasteiger partial charge in [-0.25, -0.2) is 4.39 Å². The SMILES string of the molecule is O=C(CN1CCN(Cc2ccc(F)c(Cl)c2)CC1)Nc1nncs1. The average Bonchev–Trinajstić information content (AvgIpc) is 3.06. The quantitative estimate of drug-likeness (QED) is 0.874. The maximum Gasteiger partial charge on any atom is 0.240 e. The van der Waals surface area contributed by atoms with E-state index in [1.807, 2.05) is 0 Å². The molecule has 0 saturated carbocycles. The third-order valence-corrected chi connectivity index (χ3v) is 4.73. The predicted molar refractivity (Wildman–Crippen MR) is 91.7 cm³/mol. The summed E-state index contributed by atoms with van der Waals surface area (Å²) in [5.74, 6) is -0.475. The van der Waals surface area contributed by atoms with E-state index in [0.29, 0.717) is 11.7 Å². The highest BCUT2D eigenvalue weighted by Gasteiger charge is 2.19. The second-order valence-electron chi connectivity index (χ2n) is 5.59. The third kappa shape index (κ3) is 4.70. The molecule has 0 radical (unpaired) electrons. The zero-order valence-electron chi connectivity index (χ0n) is 12.9. The number of rotatable bonds is 5. The largest absolute Gasteiger partial charge is 0.299 e. The lowest BCUT2D eigenvalue weighted by Gasteiger charge is -2.34. The van der Waals surface area contributed by atoms with Gasteiger partial charge in [-0.3, -0.25) is 19.9 Å². The van der Waals surface area contributed by atoms with Crippen LogP contribution in [0.1, 0.15) is 5.56 Å². The maximum absolute atomic E-state index is 13.2. The molecule has 0 unspecified atom stereocenters. The van der Waals surface area contributed by atoms with Crippen LogP contribution in [0.2, 0.25) is 5.02 Å². The molecular formula is C15H17ClFN5OS. The van der Waals surface area contributed by atoms with E-state index >= 15 is 0 Å². The summed E-state index contributed by atoms with van der Waals surface area (Å²) < 4.78 is 13.2. The van der Waals surface area contributed by atoms with Crippen molar-refractivity contribution in [2.75, 3.05) is 38.0 Å². The van der Waals surface area contributed by atoms with E-state index < -0.39 is 5.82 Å². The zero-order valence-corrected chi connectivity index (χ0v) is 14.5. The summed E-state index contributed by atoms with van der Waals surface area (Å²) >= 11 is 7.11. The Morgan fingerprint density at radius 3 is 2.71 bits per heavy atom. The molecule has 1 aromatic carbocycles. The van der Waals surface area contributed by atoms with Crippen LogP contribution in [-0.2, 0) is 11.3 Å². The number of hydrogen-bond donors (Lipinski definition) is 1. The number of aromatic nitrogens is 2. The highest BCUT2D eigenvalue weighted by Crippen LogP contribution is 2.18. The van der Waals surface area contributed by atoms with Crippen LogP contribution in [-0.4, -0.2) is 58.6 Å². The summed E-state index contributed by atoms with van der Waals surface area (Å²) in [6.45, 7) is 4.37.